The van der Waals surface area contributed by atoms with Crippen molar-refractivity contribution in [3.8, 4) is 5.75 Å². The van der Waals surface area contributed by atoms with Crippen molar-refractivity contribution in [1.29, 1.82) is 0 Å². The highest BCUT2D eigenvalue weighted by atomic mass is 35.5. The maximum atomic E-state index is 6.04. The fourth-order valence-corrected chi connectivity index (χ4v) is 1.68. The largest absolute Gasteiger partial charge is 0.497 e. The number of fused-ring (bicyclic) bond motifs is 1. The van der Waals surface area contributed by atoms with Crippen molar-refractivity contribution in [1.82, 2.24) is 4.98 Å². The van der Waals surface area contributed by atoms with Gasteiger partial charge in [0.1, 0.15) is 13.6 Å². The summed E-state index contributed by atoms with van der Waals surface area (Å²) >= 11 is 6.04. The average Bonchev–Trinajstić information content (AvgIpc) is 2.19. The minimum atomic E-state index is 0.723. The molecule has 1 aromatic carbocycles. The summed E-state index contributed by atoms with van der Waals surface area (Å²) in [5.74, 6) is 0.840. The Bertz CT molecular complexity index is 487. The first-order chi connectivity index (χ1) is 6.72. The van der Waals surface area contributed by atoms with Crippen LogP contribution in [0.15, 0.2) is 24.4 Å². The molecule has 0 amide bonds. The quantitative estimate of drug-likeness (QED) is 0.652. The monoisotopic (exact) mass is 205 g/mol. The van der Waals surface area contributed by atoms with Crippen LogP contribution in [0, 0.1) is 0 Å². The van der Waals surface area contributed by atoms with E-state index in [0.717, 1.165) is 27.1 Å². The van der Waals surface area contributed by atoms with Crippen LogP contribution in [-0.2, 0) is 0 Å². The second kappa shape index (κ2) is 3.50. The van der Waals surface area contributed by atoms with E-state index in [1.54, 1.807) is 19.4 Å². The standard InChI is InChI=1S/C10H9BClNO/c1-14-10-5-9-6(4-7(10)11)8(12)2-3-13-9/h2-5H,11H2,1H3. The van der Waals surface area contributed by atoms with Crippen molar-refractivity contribution in [2.45, 2.75) is 0 Å². The topological polar surface area (TPSA) is 22.1 Å². The van der Waals surface area contributed by atoms with Gasteiger partial charge in [-0.1, -0.05) is 17.7 Å². The van der Waals surface area contributed by atoms with E-state index in [9.17, 15) is 0 Å². The third-order valence-electron chi connectivity index (χ3n) is 2.20. The second-order valence-corrected chi connectivity index (χ2v) is 3.54. The molecule has 0 N–H and O–H groups in total. The predicted octanol–water partition coefficient (Wildman–Crippen LogP) is 1.16. The Balaban J connectivity index is 2.79. The summed E-state index contributed by atoms with van der Waals surface area (Å²) in [6.07, 6.45) is 1.69. The van der Waals surface area contributed by atoms with Crippen LogP contribution in [0.4, 0.5) is 0 Å². The normalized spacial score (nSPS) is 10.4. The van der Waals surface area contributed by atoms with Crippen molar-refractivity contribution in [3.05, 3.63) is 29.4 Å². The number of ether oxygens (including phenoxy) is 1. The molecule has 0 bridgehead atoms. The van der Waals surface area contributed by atoms with Crippen molar-refractivity contribution in [2.75, 3.05) is 7.11 Å². The summed E-state index contributed by atoms with van der Waals surface area (Å²) < 4.78 is 5.21. The Morgan fingerprint density at radius 2 is 2.21 bits per heavy atom. The van der Waals surface area contributed by atoms with Crippen LogP contribution in [0.1, 0.15) is 0 Å². The Kier molecular flexibility index (Phi) is 2.34. The number of rotatable bonds is 1. The molecule has 0 saturated carbocycles. The molecule has 2 rings (SSSR count). The first-order valence-electron chi connectivity index (χ1n) is 4.31. The number of hydrogen-bond donors (Lipinski definition) is 0. The lowest BCUT2D eigenvalue weighted by Gasteiger charge is -2.06. The van der Waals surface area contributed by atoms with Crippen LogP contribution in [0.2, 0.25) is 5.02 Å². The Hall–Kier alpha value is -1.22. The fraction of sp³-hybridized carbons (Fsp3) is 0.100. The van der Waals surface area contributed by atoms with Gasteiger partial charge in [-0.15, -0.1) is 0 Å². The maximum Gasteiger partial charge on any atom is 0.144 e. The van der Waals surface area contributed by atoms with Crippen molar-refractivity contribution < 1.29 is 4.74 Å². The predicted molar refractivity (Wildman–Crippen MR) is 61.5 cm³/mol. The zero-order valence-corrected chi connectivity index (χ0v) is 8.80. The molecule has 0 radical (unpaired) electrons. The number of benzene rings is 1. The summed E-state index contributed by atoms with van der Waals surface area (Å²) in [5, 5.41) is 1.69. The summed E-state index contributed by atoms with van der Waals surface area (Å²) in [4.78, 5) is 4.23. The highest BCUT2D eigenvalue weighted by molar-refractivity contribution is 6.38. The molecule has 2 nitrogen and oxygen atoms in total. The van der Waals surface area contributed by atoms with Crippen LogP contribution in [-0.4, -0.2) is 19.9 Å². The van der Waals surface area contributed by atoms with Crippen molar-refractivity contribution >= 4 is 35.8 Å². The molecule has 0 aliphatic heterocycles. The fourth-order valence-electron chi connectivity index (χ4n) is 1.47. The number of nitrogens with zero attached hydrogens (tertiary/aromatic N) is 1. The number of aromatic nitrogens is 1. The lowest BCUT2D eigenvalue weighted by molar-refractivity contribution is 0.418. The molecule has 0 unspecified atom stereocenters. The molecule has 0 aliphatic carbocycles. The van der Waals surface area contributed by atoms with E-state index < -0.39 is 0 Å². The van der Waals surface area contributed by atoms with Gasteiger partial charge >= 0.3 is 0 Å². The maximum absolute atomic E-state index is 6.04. The van der Waals surface area contributed by atoms with E-state index in [1.165, 1.54) is 0 Å². The number of hydrogen-bond acceptors (Lipinski definition) is 2. The summed E-state index contributed by atoms with van der Waals surface area (Å²) in [6.45, 7) is 0. The smallest absolute Gasteiger partial charge is 0.144 e. The third kappa shape index (κ3) is 1.44. The zero-order chi connectivity index (χ0) is 10.1. The SMILES string of the molecule is Bc1cc2c(Cl)ccnc2cc1OC. The van der Waals surface area contributed by atoms with Gasteiger partial charge in [0.25, 0.3) is 0 Å². The van der Waals surface area contributed by atoms with Gasteiger partial charge in [0.2, 0.25) is 0 Å². The molecular formula is C10H9BClNO. The molecule has 0 saturated heterocycles. The average molecular weight is 205 g/mol. The third-order valence-corrected chi connectivity index (χ3v) is 2.53. The van der Waals surface area contributed by atoms with Crippen molar-refractivity contribution in [3.63, 3.8) is 0 Å². The Morgan fingerprint density at radius 1 is 1.43 bits per heavy atom. The number of pyridine rings is 1. The van der Waals surface area contributed by atoms with E-state index in [-0.39, 0.29) is 0 Å². The van der Waals surface area contributed by atoms with E-state index in [2.05, 4.69) is 4.98 Å². The van der Waals surface area contributed by atoms with Gasteiger partial charge in [-0.25, -0.2) is 0 Å². The van der Waals surface area contributed by atoms with E-state index >= 15 is 0 Å². The molecule has 2 aromatic rings. The lowest BCUT2D eigenvalue weighted by atomic mass is 9.93. The van der Waals surface area contributed by atoms with Crippen LogP contribution in [0.3, 0.4) is 0 Å². The molecule has 0 spiro atoms. The van der Waals surface area contributed by atoms with Gasteiger partial charge < -0.3 is 4.74 Å². The molecule has 70 valence electrons. The second-order valence-electron chi connectivity index (χ2n) is 3.13. The molecule has 0 fully saturated rings. The van der Waals surface area contributed by atoms with Gasteiger partial charge in [0.05, 0.1) is 17.6 Å². The van der Waals surface area contributed by atoms with E-state index in [4.69, 9.17) is 16.3 Å². The van der Waals surface area contributed by atoms with Gasteiger partial charge in [-0.05, 0) is 11.5 Å². The zero-order valence-electron chi connectivity index (χ0n) is 8.04. The minimum absolute atomic E-state index is 0.723. The van der Waals surface area contributed by atoms with E-state index in [1.807, 2.05) is 20.0 Å². The van der Waals surface area contributed by atoms with Crippen molar-refractivity contribution in [2.24, 2.45) is 0 Å². The molecule has 1 heterocycles. The van der Waals surface area contributed by atoms with Gasteiger partial charge in [-0.3, -0.25) is 4.98 Å². The molecular weight excluding hydrogens is 196 g/mol. The molecule has 0 atom stereocenters. The molecule has 0 aliphatic rings. The van der Waals surface area contributed by atoms with Crippen LogP contribution < -0.4 is 10.2 Å². The first-order valence-corrected chi connectivity index (χ1v) is 4.69. The Morgan fingerprint density at radius 3 is 2.93 bits per heavy atom. The summed E-state index contributed by atoms with van der Waals surface area (Å²) in [5.41, 5.74) is 1.93. The number of halogens is 1. The lowest BCUT2D eigenvalue weighted by Crippen LogP contribution is -2.07. The number of methoxy groups -OCH3 is 1. The van der Waals surface area contributed by atoms with Gasteiger partial charge in [0.15, 0.2) is 0 Å². The van der Waals surface area contributed by atoms with Gasteiger partial charge in [-0.2, -0.15) is 0 Å². The first kappa shape index (κ1) is 9.34. The molecule has 14 heavy (non-hydrogen) atoms. The highest BCUT2D eigenvalue weighted by Gasteiger charge is 2.04. The summed E-state index contributed by atoms with van der Waals surface area (Å²) in [6, 6.07) is 5.68. The van der Waals surface area contributed by atoms with Crippen LogP contribution in [0.25, 0.3) is 10.9 Å². The van der Waals surface area contributed by atoms with E-state index in [0.29, 0.717) is 0 Å². The molecule has 4 heteroatoms. The highest BCUT2D eigenvalue weighted by Crippen LogP contribution is 2.23. The molecule has 1 aromatic heterocycles. The van der Waals surface area contributed by atoms with Gasteiger partial charge in [0, 0.05) is 17.6 Å². The summed E-state index contributed by atoms with van der Waals surface area (Å²) in [7, 11) is 3.64. The Labute approximate surface area is 88.3 Å². The van der Waals surface area contributed by atoms with Crippen LogP contribution in [0.5, 0.6) is 5.75 Å². The minimum Gasteiger partial charge on any atom is -0.497 e. The van der Waals surface area contributed by atoms with Crippen LogP contribution >= 0.6 is 11.6 Å².